The number of anilines is 1. The van der Waals surface area contributed by atoms with Crippen molar-refractivity contribution < 1.29 is 4.79 Å². The summed E-state index contributed by atoms with van der Waals surface area (Å²) >= 11 is 6.48. The number of unbranched alkanes of at least 4 members (excludes halogenated alkanes) is 1. The highest BCUT2D eigenvalue weighted by atomic mass is 35.5. The highest BCUT2D eigenvalue weighted by molar-refractivity contribution is 6.33. The summed E-state index contributed by atoms with van der Waals surface area (Å²) in [4.78, 5) is 17.3. The van der Waals surface area contributed by atoms with Gasteiger partial charge in [0.25, 0.3) is 5.91 Å². The molecule has 1 saturated heterocycles. The quantitative estimate of drug-likeness (QED) is 0.769. The van der Waals surface area contributed by atoms with Crippen molar-refractivity contribution in [3.8, 4) is 0 Å². The maximum Gasteiger partial charge on any atom is 0.259 e. The molecule has 1 aliphatic rings. The minimum absolute atomic E-state index is 0.000799. The molecule has 2 aromatic rings. The van der Waals surface area contributed by atoms with Crippen LogP contribution in [-0.4, -0.2) is 46.8 Å². The molecule has 1 aromatic carbocycles. The van der Waals surface area contributed by atoms with Crippen LogP contribution in [0.5, 0.6) is 0 Å². The van der Waals surface area contributed by atoms with Gasteiger partial charge in [-0.15, -0.1) is 0 Å². The molecule has 1 fully saturated rings. The standard InChI is InChI=1S/C21H29ClN4O/c1-5-6-10-26-20(22)19(17(4)23-26)21(27)25-13-11-24(12-14-25)18-9-7-8-15(2)16(18)3/h7-9H,5-6,10-14H2,1-4H3. The van der Waals surface area contributed by atoms with E-state index in [4.69, 9.17) is 11.6 Å². The molecule has 0 spiro atoms. The number of halogens is 1. The first-order valence-electron chi connectivity index (χ1n) is 9.77. The monoisotopic (exact) mass is 388 g/mol. The Morgan fingerprint density at radius 2 is 1.85 bits per heavy atom. The molecule has 0 unspecified atom stereocenters. The van der Waals surface area contributed by atoms with Gasteiger partial charge in [-0.05, 0) is 44.4 Å². The molecule has 6 heteroatoms. The van der Waals surface area contributed by atoms with Crippen LogP contribution in [-0.2, 0) is 6.54 Å². The van der Waals surface area contributed by atoms with Crippen molar-refractivity contribution in [2.24, 2.45) is 0 Å². The molecule has 0 N–H and O–H groups in total. The minimum atomic E-state index is 0.000799. The van der Waals surface area contributed by atoms with Gasteiger partial charge in [0.05, 0.1) is 11.3 Å². The lowest BCUT2D eigenvalue weighted by Gasteiger charge is -2.37. The summed E-state index contributed by atoms with van der Waals surface area (Å²) < 4.78 is 1.76. The van der Waals surface area contributed by atoms with Gasteiger partial charge in [-0.3, -0.25) is 9.48 Å². The van der Waals surface area contributed by atoms with Crippen LogP contribution in [0.1, 0.15) is 46.9 Å². The molecule has 27 heavy (non-hydrogen) atoms. The highest BCUT2D eigenvalue weighted by Crippen LogP contribution is 2.26. The van der Waals surface area contributed by atoms with Crippen molar-refractivity contribution in [3.05, 3.63) is 45.7 Å². The first-order valence-corrected chi connectivity index (χ1v) is 10.1. The van der Waals surface area contributed by atoms with Crippen LogP contribution in [0.15, 0.2) is 18.2 Å². The zero-order valence-corrected chi connectivity index (χ0v) is 17.5. The summed E-state index contributed by atoms with van der Waals surface area (Å²) in [5.41, 5.74) is 5.16. The van der Waals surface area contributed by atoms with E-state index in [0.29, 0.717) is 23.8 Å². The van der Waals surface area contributed by atoms with Crippen LogP contribution in [0, 0.1) is 20.8 Å². The number of hydrogen-bond donors (Lipinski definition) is 0. The summed E-state index contributed by atoms with van der Waals surface area (Å²) in [7, 11) is 0. The molecule has 5 nitrogen and oxygen atoms in total. The number of aryl methyl sites for hydroxylation is 3. The Bertz CT molecular complexity index is 822. The summed E-state index contributed by atoms with van der Waals surface area (Å²) in [6.45, 7) is 12.1. The highest BCUT2D eigenvalue weighted by Gasteiger charge is 2.28. The first kappa shape index (κ1) is 19.7. The van der Waals surface area contributed by atoms with Gasteiger partial charge in [-0.25, -0.2) is 0 Å². The van der Waals surface area contributed by atoms with Gasteiger partial charge in [-0.2, -0.15) is 5.10 Å². The molecule has 0 saturated carbocycles. The molecule has 2 heterocycles. The van der Waals surface area contributed by atoms with Gasteiger partial charge in [0.2, 0.25) is 0 Å². The Labute approximate surface area is 166 Å². The fourth-order valence-electron chi connectivity index (χ4n) is 3.64. The molecule has 0 radical (unpaired) electrons. The third-order valence-electron chi connectivity index (χ3n) is 5.49. The maximum atomic E-state index is 13.1. The molecule has 0 aliphatic carbocycles. The molecule has 1 aromatic heterocycles. The lowest BCUT2D eigenvalue weighted by molar-refractivity contribution is 0.0746. The lowest BCUT2D eigenvalue weighted by Crippen LogP contribution is -2.49. The summed E-state index contributed by atoms with van der Waals surface area (Å²) in [6.07, 6.45) is 2.07. The number of rotatable bonds is 5. The van der Waals surface area contributed by atoms with Crippen LogP contribution in [0.4, 0.5) is 5.69 Å². The Balaban J connectivity index is 1.70. The normalized spacial score (nSPS) is 14.7. The van der Waals surface area contributed by atoms with Crippen molar-refractivity contribution in [1.29, 1.82) is 0 Å². The van der Waals surface area contributed by atoms with Crippen LogP contribution < -0.4 is 4.90 Å². The predicted octanol–water partition coefficient (Wildman–Crippen LogP) is 4.22. The Morgan fingerprint density at radius 3 is 2.52 bits per heavy atom. The molecule has 1 aliphatic heterocycles. The summed E-state index contributed by atoms with van der Waals surface area (Å²) in [5, 5.41) is 4.95. The molecular weight excluding hydrogens is 360 g/mol. The van der Waals surface area contributed by atoms with E-state index in [2.05, 4.69) is 49.0 Å². The number of carbonyl (C=O) groups is 1. The van der Waals surface area contributed by atoms with E-state index in [-0.39, 0.29) is 5.91 Å². The van der Waals surface area contributed by atoms with E-state index in [1.54, 1.807) is 4.68 Å². The zero-order valence-electron chi connectivity index (χ0n) is 16.8. The van der Waals surface area contributed by atoms with Gasteiger partial charge >= 0.3 is 0 Å². The average molecular weight is 389 g/mol. The van der Waals surface area contributed by atoms with Crippen molar-refractivity contribution >= 4 is 23.2 Å². The van der Waals surface area contributed by atoms with Crippen molar-refractivity contribution in [2.75, 3.05) is 31.1 Å². The second kappa shape index (κ2) is 8.34. The number of nitrogens with zero attached hydrogens (tertiary/aromatic N) is 4. The van der Waals surface area contributed by atoms with Gasteiger partial charge in [0, 0.05) is 38.4 Å². The number of aromatic nitrogens is 2. The van der Waals surface area contributed by atoms with Gasteiger partial charge < -0.3 is 9.80 Å². The van der Waals surface area contributed by atoms with Crippen molar-refractivity contribution in [1.82, 2.24) is 14.7 Å². The number of piperazine rings is 1. The molecule has 0 atom stereocenters. The van der Waals surface area contributed by atoms with E-state index in [9.17, 15) is 4.79 Å². The van der Waals surface area contributed by atoms with Crippen LogP contribution in [0.2, 0.25) is 5.15 Å². The smallest absolute Gasteiger partial charge is 0.259 e. The first-order chi connectivity index (χ1) is 12.9. The zero-order chi connectivity index (χ0) is 19.6. The molecule has 146 valence electrons. The minimum Gasteiger partial charge on any atom is -0.368 e. The largest absolute Gasteiger partial charge is 0.368 e. The van der Waals surface area contributed by atoms with E-state index in [0.717, 1.165) is 38.2 Å². The topological polar surface area (TPSA) is 41.4 Å². The molecular formula is C21H29ClN4O. The molecule has 1 amide bonds. The number of carbonyl (C=O) groups excluding carboxylic acids is 1. The van der Waals surface area contributed by atoms with E-state index >= 15 is 0 Å². The van der Waals surface area contributed by atoms with Crippen molar-refractivity contribution in [3.63, 3.8) is 0 Å². The average Bonchev–Trinajstić information content (AvgIpc) is 2.95. The Morgan fingerprint density at radius 1 is 1.15 bits per heavy atom. The van der Waals surface area contributed by atoms with E-state index < -0.39 is 0 Å². The van der Waals surface area contributed by atoms with Crippen molar-refractivity contribution in [2.45, 2.75) is 47.1 Å². The Kier molecular flexibility index (Phi) is 6.10. The summed E-state index contributed by atoms with van der Waals surface area (Å²) in [6, 6.07) is 6.40. The second-order valence-electron chi connectivity index (χ2n) is 7.33. The number of hydrogen-bond acceptors (Lipinski definition) is 3. The fourth-order valence-corrected chi connectivity index (χ4v) is 3.98. The van der Waals surface area contributed by atoms with Gasteiger partial charge in [-0.1, -0.05) is 37.1 Å². The number of amides is 1. The fraction of sp³-hybridized carbons (Fsp3) is 0.524. The number of benzene rings is 1. The van der Waals surface area contributed by atoms with Crippen LogP contribution >= 0.6 is 11.6 Å². The maximum absolute atomic E-state index is 13.1. The third kappa shape index (κ3) is 3.98. The van der Waals surface area contributed by atoms with E-state index in [1.807, 2.05) is 11.8 Å². The van der Waals surface area contributed by atoms with Crippen LogP contribution in [0.3, 0.4) is 0 Å². The lowest BCUT2D eigenvalue weighted by atomic mass is 10.1. The second-order valence-corrected chi connectivity index (χ2v) is 7.68. The van der Waals surface area contributed by atoms with Gasteiger partial charge in [0.1, 0.15) is 5.15 Å². The predicted molar refractivity (Wildman–Crippen MR) is 111 cm³/mol. The van der Waals surface area contributed by atoms with Crippen LogP contribution in [0.25, 0.3) is 0 Å². The Hall–Kier alpha value is -2.01. The third-order valence-corrected chi connectivity index (χ3v) is 5.87. The molecule has 3 rings (SSSR count). The molecule has 0 bridgehead atoms. The van der Waals surface area contributed by atoms with Gasteiger partial charge in [0.15, 0.2) is 0 Å². The summed E-state index contributed by atoms with van der Waals surface area (Å²) in [5.74, 6) is 0.000799. The SMILES string of the molecule is CCCCn1nc(C)c(C(=O)N2CCN(c3cccc(C)c3C)CC2)c1Cl. The van der Waals surface area contributed by atoms with E-state index in [1.165, 1.54) is 16.8 Å².